The number of benzene rings is 1. The molecule has 0 aromatic heterocycles. The normalized spacial score (nSPS) is 23.7. The van der Waals surface area contributed by atoms with E-state index in [0.29, 0.717) is 16.3 Å². The zero-order valence-electron chi connectivity index (χ0n) is 20.0. The molecule has 1 aliphatic carbocycles. The highest BCUT2D eigenvalue weighted by atomic mass is 35.5. The number of rotatable bonds is 10. The minimum absolute atomic E-state index is 0.0640. The summed E-state index contributed by atoms with van der Waals surface area (Å²) < 4.78 is 11.4. The minimum Gasteiger partial charge on any atom is -0.488 e. The van der Waals surface area contributed by atoms with Crippen molar-refractivity contribution in [1.29, 1.82) is 0 Å². The molecule has 4 rings (SSSR count). The Morgan fingerprint density at radius 2 is 1.74 bits per heavy atom. The molecule has 1 aromatic carbocycles. The van der Waals surface area contributed by atoms with E-state index in [1.54, 1.807) is 25.3 Å². The maximum absolute atomic E-state index is 12.6. The van der Waals surface area contributed by atoms with Gasteiger partial charge < -0.3 is 29.8 Å². The largest absolute Gasteiger partial charge is 0.488 e. The Hall–Kier alpha value is -4.33. The van der Waals surface area contributed by atoms with E-state index < -0.39 is 46.4 Å². The molecule has 1 amide bonds. The predicted molar refractivity (Wildman–Crippen MR) is 128 cm³/mol. The van der Waals surface area contributed by atoms with Crippen LogP contribution in [0.4, 0.5) is 0 Å². The molecule has 2 unspecified atom stereocenters. The smallest absolute Gasteiger partial charge is 0.311 e. The molecular formula is C23H23ClN4O10. The number of halogens is 1. The minimum atomic E-state index is -1.21. The maximum Gasteiger partial charge on any atom is 0.311 e. The average molecular weight is 551 g/mol. The zero-order valence-corrected chi connectivity index (χ0v) is 20.7. The van der Waals surface area contributed by atoms with Gasteiger partial charge in [0.15, 0.2) is 11.9 Å². The van der Waals surface area contributed by atoms with Gasteiger partial charge in [0, 0.05) is 29.3 Å². The first-order valence-electron chi connectivity index (χ1n) is 11.5. The van der Waals surface area contributed by atoms with Crippen LogP contribution in [0.2, 0.25) is 5.02 Å². The van der Waals surface area contributed by atoms with Gasteiger partial charge in [0.2, 0.25) is 5.91 Å². The van der Waals surface area contributed by atoms with Crippen molar-refractivity contribution in [2.75, 3.05) is 0 Å². The Morgan fingerprint density at radius 3 is 2.34 bits per heavy atom. The van der Waals surface area contributed by atoms with E-state index in [1.165, 1.54) is 6.26 Å². The van der Waals surface area contributed by atoms with Gasteiger partial charge in [0.1, 0.15) is 12.2 Å². The van der Waals surface area contributed by atoms with Gasteiger partial charge in [-0.2, -0.15) is 0 Å². The highest BCUT2D eigenvalue weighted by Crippen LogP contribution is 2.42. The molecule has 1 fully saturated rings. The molecule has 202 valence electrons. The van der Waals surface area contributed by atoms with Crippen molar-refractivity contribution < 1.29 is 38.9 Å². The summed E-state index contributed by atoms with van der Waals surface area (Å²) in [5, 5.41) is 25.4. The number of carbonyl (C=O) groups is 2. The Morgan fingerprint density at radius 1 is 1.11 bits per heavy atom. The van der Waals surface area contributed by atoms with E-state index in [9.17, 15) is 29.8 Å². The number of amides is 1. The number of hydrogen-bond acceptors (Lipinski definition) is 11. The maximum atomic E-state index is 12.6. The third kappa shape index (κ3) is 6.32. The van der Waals surface area contributed by atoms with Crippen molar-refractivity contribution in [3.63, 3.8) is 0 Å². The fourth-order valence-electron chi connectivity index (χ4n) is 4.44. The van der Waals surface area contributed by atoms with Gasteiger partial charge in [0.25, 0.3) is 10.2 Å². The van der Waals surface area contributed by atoms with Crippen LogP contribution in [-0.2, 0) is 28.7 Å². The van der Waals surface area contributed by atoms with Gasteiger partial charge in [-0.1, -0.05) is 23.7 Å². The summed E-state index contributed by atoms with van der Waals surface area (Å²) in [6, 6.07) is 6.50. The van der Waals surface area contributed by atoms with Crippen LogP contribution < -0.4 is 10.6 Å². The van der Waals surface area contributed by atoms with Crippen molar-refractivity contribution in [3.05, 3.63) is 90.1 Å². The molecule has 38 heavy (non-hydrogen) atoms. The van der Waals surface area contributed by atoms with E-state index >= 15 is 0 Å². The summed E-state index contributed by atoms with van der Waals surface area (Å²) in [4.78, 5) is 55.1. The molecule has 2 heterocycles. The monoisotopic (exact) mass is 550 g/mol. The van der Waals surface area contributed by atoms with Crippen LogP contribution in [0, 0.1) is 20.2 Å². The Kier molecular flexibility index (Phi) is 8.00. The summed E-state index contributed by atoms with van der Waals surface area (Å²) in [5.74, 6) is -0.920. The van der Waals surface area contributed by atoms with Crippen molar-refractivity contribution in [1.82, 2.24) is 10.6 Å². The van der Waals surface area contributed by atoms with Gasteiger partial charge in [-0.05, 0) is 37.5 Å². The molecule has 0 bridgehead atoms. The Labute approximate surface area is 220 Å². The number of nitrogens with zero attached hydrogens (tertiary/aromatic N) is 2. The van der Waals surface area contributed by atoms with Crippen LogP contribution in [0.5, 0.6) is 0 Å². The Balaban J connectivity index is 1.29. The molecule has 0 saturated heterocycles. The fourth-order valence-corrected chi connectivity index (χ4v) is 4.57. The third-order valence-electron chi connectivity index (χ3n) is 6.15. The number of hydrogen-bond donors (Lipinski definition) is 2. The summed E-state index contributed by atoms with van der Waals surface area (Å²) in [5.41, 5.74) is 2.80. The van der Waals surface area contributed by atoms with E-state index in [1.807, 2.05) is 12.1 Å². The second kappa shape index (κ2) is 11.4. The fraction of sp³-hybridized carbons (Fsp3) is 0.391. The summed E-state index contributed by atoms with van der Waals surface area (Å²) in [7, 11) is 0. The van der Waals surface area contributed by atoms with Gasteiger partial charge in [-0.3, -0.25) is 9.59 Å². The lowest BCUT2D eigenvalue weighted by Crippen LogP contribution is -2.34. The van der Waals surface area contributed by atoms with E-state index in [2.05, 4.69) is 20.3 Å². The van der Waals surface area contributed by atoms with Gasteiger partial charge >= 0.3 is 5.97 Å². The Bertz CT molecular complexity index is 1210. The second-order valence-electron chi connectivity index (χ2n) is 8.74. The van der Waals surface area contributed by atoms with Crippen LogP contribution in [0.15, 0.2) is 59.3 Å². The molecule has 14 nitrogen and oxygen atoms in total. The number of fused-ring (bicyclic) bond motifs is 1. The molecule has 1 saturated carbocycles. The van der Waals surface area contributed by atoms with E-state index in [4.69, 9.17) is 21.1 Å². The van der Waals surface area contributed by atoms with Crippen LogP contribution in [0.25, 0.3) is 0 Å². The van der Waals surface area contributed by atoms with Crippen molar-refractivity contribution in [2.45, 2.75) is 57.0 Å². The van der Waals surface area contributed by atoms with Crippen molar-refractivity contribution in [3.8, 4) is 0 Å². The molecular weight excluding hydrogens is 528 g/mol. The lowest BCUT2D eigenvalue weighted by molar-refractivity contribution is -0.797. The topological polar surface area (TPSA) is 181 Å². The second-order valence-corrected chi connectivity index (χ2v) is 9.18. The quantitative estimate of drug-likeness (QED) is 0.248. The first-order chi connectivity index (χ1) is 18.1. The zero-order chi connectivity index (χ0) is 27.4. The molecule has 2 N–H and O–H groups in total. The molecule has 2 aliphatic heterocycles. The van der Waals surface area contributed by atoms with Crippen LogP contribution in [0.1, 0.15) is 44.3 Å². The standard InChI is InChI=1S/C23H23ClN4O10/c1-12-22(17-11-35-23(16(17)10-25-12)13-2-4-14(24)5-3-13)36-21(30)7-6-20(29)26-15-8-18(37-27(31)32)19(9-15)38-28(33)34/h2-5,10-11,15,18-19,23,25H,6-9H2,1H3,(H,26,29)/t15?,18-,19+,23?. The number of dihydropyridines is 1. The number of allylic oxidation sites excluding steroid dienone is 2. The average Bonchev–Trinajstić information content (AvgIpc) is 3.43. The molecule has 0 radical (unpaired) electrons. The number of esters is 1. The highest BCUT2D eigenvalue weighted by Gasteiger charge is 2.40. The van der Waals surface area contributed by atoms with Gasteiger partial charge in [-0.15, -0.1) is 20.2 Å². The van der Waals surface area contributed by atoms with Crippen LogP contribution >= 0.6 is 11.6 Å². The van der Waals surface area contributed by atoms with Gasteiger partial charge in [-0.25, -0.2) is 0 Å². The number of ether oxygens (including phenoxy) is 2. The first-order valence-corrected chi connectivity index (χ1v) is 11.9. The van der Waals surface area contributed by atoms with E-state index in [-0.39, 0.29) is 31.4 Å². The van der Waals surface area contributed by atoms with Crippen molar-refractivity contribution in [2.24, 2.45) is 0 Å². The molecule has 0 spiro atoms. The summed E-state index contributed by atoms with van der Waals surface area (Å²) >= 11 is 5.97. The SMILES string of the molecule is CC1=C(OC(=O)CCC(=O)NC2C[C@H](O[N+](=O)[O-])[C@H](O[N+](=O)[O-])C2)C2=COC(c3ccc(Cl)cc3)C2=CN1. The number of nitrogens with one attached hydrogen (secondary N) is 2. The summed E-state index contributed by atoms with van der Waals surface area (Å²) in [6.45, 7) is 1.73. The van der Waals surface area contributed by atoms with Gasteiger partial charge in [0.05, 0.1) is 24.0 Å². The van der Waals surface area contributed by atoms with E-state index in [0.717, 1.165) is 11.1 Å². The first kappa shape index (κ1) is 26.7. The molecule has 3 aliphatic rings. The highest BCUT2D eigenvalue weighted by molar-refractivity contribution is 6.30. The van der Waals surface area contributed by atoms with Crippen LogP contribution in [-0.4, -0.2) is 40.3 Å². The molecule has 15 heteroatoms. The lowest BCUT2D eigenvalue weighted by Gasteiger charge is -2.21. The number of carbonyl (C=O) groups excluding carboxylic acids is 2. The molecule has 4 atom stereocenters. The predicted octanol–water partition coefficient (Wildman–Crippen LogP) is 2.77. The van der Waals surface area contributed by atoms with Crippen molar-refractivity contribution >= 4 is 23.5 Å². The third-order valence-corrected chi connectivity index (χ3v) is 6.40. The van der Waals surface area contributed by atoms with Crippen LogP contribution in [0.3, 0.4) is 0 Å². The lowest BCUT2D eigenvalue weighted by atomic mass is 9.95. The molecule has 1 aromatic rings. The summed E-state index contributed by atoms with van der Waals surface area (Å²) in [6.07, 6.45) is -0.171.